The first-order valence-corrected chi connectivity index (χ1v) is 8.85. The molecule has 7 heteroatoms. The summed E-state index contributed by atoms with van der Waals surface area (Å²) in [6.07, 6.45) is 1.62. The number of nitrogens with zero attached hydrogens (tertiary/aromatic N) is 4. The van der Waals surface area contributed by atoms with Crippen LogP contribution in [0, 0.1) is 0 Å². The zero-order valence-electron chi connectivity index (χ0n) is 13.8. The molecule has 0 atom stereocenters. The van der Waals surface area contributed by atoms with Crippen molar-refractivity contribution in [3.05, 3.63) is 52.3 Å². The molecule has 1 fully saturated rings. The number of nitrogens with one attached hydrogen (secondary N) is 1. The van der Waals surface area contributed by atoms with Crippen LogP contribution in [-0.4, -0.2) is 54.1 Å². The van der Waals surface area contributed by atoms with Gasteiger partial charge in [-0.1, -0.05) is 33.2 Å². The van der Waals surface area contributed by atoms with E-state index in [1.807, 2.05) is 25.2 Å². The van der Waals surface area contributed by atoms with Gasteiger partial charge in [0.25, 0.3) is 0 Å². The first-order chi connectivity index (χ1) is 11.7. The van der Waals surface area contributed by atoms with Gasteiger partial charge >= 0.3 is 0 Å². The maximum atomic E-state index is 4.90. The van der Waals surface area contributed by atoms with Crippen molar-refractivity contribution in [2.45, 2.75) is 13.1 Å². The van der Waals surface area contributed by atoms with Gasteiger partial charge in [-0.15, -0.1) is 0 Å². The molecule has 2 aromatic rings. The van der Waals surface area contributed by atoms with Crippen molar-refractivity contribution in [1.82, 2.24) is 20.3 Å². The van der Waals surface area contributed by atoms with E-state index in [1.54, 1.807) is 6.26 Å². The molecule has 1 aliphatic rings. The standard InChI is InChI=1S/C17H22BrN5O/c1-19-17(20-12-14-3-2-4-15(18)11-14)23-8-6-22(7-9-23)13-16-5-10-24-21-16/h2-5,10-11H,6-9,12-13H2,1H3,(H,19,20). The molecule has 6 nitrogen and oxygen atoms in total. The smallest absolute Gasteiger partial charge is 0.194 e. The molecule has 0 saturated carbocycles. The predicted molar refractivity (Wildman–Crippen MR) is 97.7 cm³/mol. The molecule has 0 amide bonds. The van der Waals surface area contributed by atoms with E-state index in [-0.39, 0.29) is 0 Å². The molecule has 1 N–H and O–H groups in total. The van der Waals surface area contributed by atoms with Crippen LogP contribution in [0.4, 0.5) is 0 Å². The third kappa shape index (κ3) is 4.58. The molecule has 1 aromatic heterocycles. The van der Waals surface area contributed by atoms with E-state index < -0.39 is 0 Å². The Kier molecular flexibility index (Phi) is 5.87. The fraction of sp³-hybridized carbons (Fsp3) is 0.412. The van der Waals surface area contributed by atoms with Crippen LogP contribution in [0.3, 0.4) is 0 Å². The molecule has 0 aliphatic carbocycles. The average Bonchev–Trinajstić information content (AvgIpc) is 3.10. The van der Waals surface area contributed by atoms with Crippen LogP contribution in [-0.2, 0) is 13.1 Å². The van der Waals surface area contributed by atoms with Gasteiger partial charge in [0.05, 0.1) is 5.69 Å². The lowest BCUT2D eigenvalue weighted by Crippen LogP contribution is -2.52. The summed E-state index contributed by atoms with van der Waals surface area (Å²) in [7, 11) is 1.84. The molecule has 1 aliphatic heterocycles. The van der Waals surface area contributed by atoms with Crippen molar-refractivity contribution in [2.75, 3.05) is 33.2 Å². The molecule has 24 heavy (non-hydrogen) atoms. The van der Waals surface area contributed by atoms with E-state index in [0.29, 0.717) is 0 Å². The number of aromatic nitrogens is 1. The molecule has 0 spiro atoms. The van der Waals surface area contributed by atoms with Crippen molar-refractivity contribution >= 4 is 21.9 Å². The van der Waals surface area contributed by atoms with E-state index in [2.05, 4.69) is 53.3 Å². The van der Waals surface area contributed by atoms with Gasteiger partial charge < -0.3 is 14.7 Å². The molecule has 128 valence electrons. The largest absolute Gasteiger partial charge is 0.364 e. The molecular formula is C17H22BrN5O. The summed E-state index contributed by atoms with van der Waals surface area (Å²) in [5.41, 5.74) is 2.22. The fourth-order valence-electron chi connectivity index (χ4n) is 2.83. The van der Waals surface area contributed by atoms with Crippen molar-refractivity contribution in [3.63, 3.8) is 0 Å². The SMILES string of the molecule is CN=C(NCc1cccc(Br)c1)N1CCN(Cc2ccon2)CC1. The quantitative estimate of drug-likeness (QED) is 0.640. The Morgan fingerprint density at radius 3 is 2.79 bits per heavy atom. The number of guanidine groups is 1. The molecule has 2 heterocycles. The van der Waals surface area contributed by atoms with E-state index >= 15 is 0 Å². The summed E-state index contributed by atoms with van der Waals surface area (Å²) < 4.78 is 5.99. The lowest BCUT2D eigenvalue weighted by molar-refractivity contribution is 0.169. The number of hydrogen-bond acceptors (Lipinski definition) is 4. The van der Waals surface area contributed by atoms with E-state index in [9.17, 15) is 0 Å². The number of benzene rings is 1. The van der Waals surface area contributed by atoms with E-state index in [4.69, 9.17) is 4.52 Å². The molecule has 0 unspecified atom stereocenters. The first kappa shape index (κ1) is 17.0. The van der Waals surface area contributed by atoms with E-state index in [1.165, 1.54) is 5.56 Å². The molecular weight excluding hydrogens is 370 g/mol. The number of hydrogen-bond donors (Lipinski definition) is 1. The zero-order chi connectivity index (χ0) is 16.8. The third-order valence-electron chi connectivity index (χ3n) is 4.10. The second-order valence-corrected chi connectivity index (χ2v) is 6.70. The average molecular weight is 392 g/mol. The van der Waals surface area contributed by atoms with Crippen molar-refractivity contribution in [3.8, 4) is 0 Å². The number of rotatable bonds is 4. The minimum absolute atomic E-state index is 0.769. The van der Waals surface area contributed by atoms with Crippen molar-refractivity contribution in [1.29, 1.82) is 0 Å². The van der Waals surface area contributed by atoms with Gasteiger partial charge in [-0.25, -0.2) is 0 Å². The molecule has 1 aromatic carbocycles. The third-order valence-corrected chi connectivity index (χ3v) is 4.59. The second-order valence-electron chi connectivity index (χ2n) is 5.78. The predicted octanol–water partition coefficient (Wildman–Crippen LogP) is 2.33. The van der Waals surface area contributed by atoms with Crippen LogP contribution in [0.15, 0.2) is 50.6 Å². The highest BCUT2D eigenvalue weighted by Gasteiger charge is 2.20. The normalized spacial score (nSPS) is 16.4. The second kappa shape index (κ2) is 8.30. The lowest BCUT2D eigenvalue weighted by Gasteiger charge is -2.36. The van der Waals surface area contributed by atoms with Crippen LogP contribution in [0.5, 0.6) is 0 Å². The number of halogens is 1. The van der Waals surface area contributed by atoms with Crippen molar-refractivity contribution < 1.29 is 4.52 Å². The maximum Gasteiger partial charge on any atom is 0.194 e. The van der Waals surface area contributed by atoms with Crippen LogP contribution in [0.25, 0.3) is 0 Å². The summed E-state index contributed by atoms with van der Waals surface area (Å²) in [5.74, 6) is 0.955. The highest BCUT2D eigenvalue weighted by molar-refractivity contribution is 9.10. The Bertz CT molecular complexity index is 665. The number of piperazine rings is 1. The highest BCUT2D eigenvalue weighted by atomic mass is 79.9. The van der Waals surface area contributed by atoms with Crippen LogP contribution in [0.2, 0.25) is 0 Å². The fourth-order valence-corrected chi connectivity index (χ4v) is 3.27. The summed E-state index contributed by atoms with van der Waals surface area (Å²) in [6, 6.07) is 10.2. The Morgan fingerprint density at radius 1 is 1.29 bits per heavy atom. The Hall–Kier alpha value is -1.86. The monoisotopic (exact) mass is 391 g/mol. The van der Waals surface area contributed by atoms with E-state index in [0.717, 1.165) is 55.4 Å². The summed E-state index contributed by atoms with van der Waals surface area (Å²) in [4.78, 5) is 9.11. The minimum Gasteiger partial charge on any atom is -0.364 e. The Labute approximate surface area is 150 Å². The van der Waals surface area contributed by atoms with Gasteiger partial charge in [-0.3, -0.25) is 9.89 Å². The van der Waals surface area contributed by atoms with Gasteiger partial charge in [0.1, 0.15) is 6.26 Å². The van der Waals surface area contributed by atoms with Crippen molar-refractivity contribution in [2.24, 2.45) is 4.99 Å². The molecule has 0 radical (unpaired) electrons. The Balaban J connectivity index is 1.48. The molecule has 0 bridgehead atoms. The highest BCUT2D eigenvalue weighted by Crippen LogP contribution is 2.12. The summed E-state index contributed by atoms with van der Waals surface area (Å²) in [6.45, 7) is 5.50. The topological polar surface area (TPSA) is 56.9 Å². The van der Waals surface area contributed by atoms with Gasteiger partial charge in [0.15, 0.2) is 5.96 Å². The summed E-state index contributed by atoms with van der Waals surface area (Å²) >= 11 is 3.51. The number of aliphatic imine (C=N–C) groups is 1. The zero-order valence-corrected chi connectivity index (χ0v) is 15.4. The maximum absolute atomic E-state index is 4.90. The molecule has 3 rings (SSSR count). The van der Waals surface area contributed by atoms with Crippen LogP contribution < -0.4 is 5.32 Å². The minimum atomic E-state index is 0.769. The van der Waals surface area contributed by atoms with Crippen LogP contribution in [0.1, 0.15) is 11.3 Å². The van der Waals surface area contributed by atoms with Gasteiger partial charge in [0.2, 0.25) is 0 Å². The van der Waals surface area contributed by atoms with Crippen LogP contribution >= 0.6 is 15.9 Å². The first-order valence-electron chi connectivity index (χ1n) is 8.06. The van der Waals surface area contributed by atoms with Gasteiger partial charge in [0, 0.05) is 56.9 Å². The molecule has 1 saturated heterocycles. The van der Waals surface area contributed by atoms with Gasteiger partial charge in [-0.2, -0.15) is 0 Å². The lowest BCUT2D eigenvalue weighted by atomic mass is 10.2. The van der Waals surface area contributed by atoms with Gasteiger partial charge in [-0.05, 0) is 17.7 Å². The Morgan fingerprint density at radius 2 is 2.12 bits per heavy atom. The summed E-state index contributed by atoms with van der Waals surface area (Å²) in [5, 5.41) is 7.43.